The minimum atomic E-state index is -0.0104. The molecule has 1 fully saturated rings. The van der Waals surface area contributed by atoms with Crippen molar-refractivity contribution in [2.75, 3.05) is 49.3 Å². The summed E-state index contributed by atoms with van der Waals surface area (Å²) in [6.07, 6.45) is 4.58. The second-order valence-electron chi connectivity index (χ2n) is 8.97. The van der Waals surface area contributed by atoms with E-state index in [-0.39, 0.29) is 12.6 Å². The number of aryl methyl sites for hydroxylation is 1. The fourth-order valence-electron chi connectivity index (χ4n) is 4.29. The van der Waals surface area contributed by atoms with E-state index in [0.29, 0.717) is 55.3 Å². The first-order valence-corrected chi connectivity index (χ1v) is 12.5. The van der Waals surface area contributed by atoms with Crippen LogP contribution in [0.1, 0.15) is 48.9 Å². The highest BCUT2D eigenvalue weighted by atomic mass is 16.5. The largest absolute Gasteiger partial charge is 0.441 e. The number of benzene rings is 1. The number of nitrogens with one attached hydrogen (secondary N) is 1. The number of nitrogens with zero attached hydrogens (tertiary/aromatic N) is 5. The molecule has 11 heteroatoms. The Kier molecular flexibility index (Phi) is 8.68. The van der Waals surface area contributed by atoms with Crippen LogP contribution in [0.5, 0.6) is 0 Å². The van der Waals surface area contributed by atoms with Crippen LogP contribution in [0.25, 0.3) is 11.1 Å². The van der Waals surface area contributed by atoms with Gasteiger partial charge in [0, 0.05) is 56.5 Å². The lowest BCUT2D eigenvalue weighted by Gasteiger charge is -2.24. The van der Waals surface area contributed by atoms with E-state index in [1.165, 1.54) is 0 Å². The molecule has 194 valence electrons. The first-order valence-electron chi connectivity index (χ1n) is 12.5. The lowest BCUT2D eigenvalue weighted by Crippen LogP contribution is -2.30. The highest BCUT2D eigenvalue weighted by molar-refractivity contribution is 5.89. The van der Waals surface area contributed by atoms with E-state index in [1.807, 2.05) is 17.9 Å². The van der Waals surface area contributed by atoms with Crippen molar-refractivity contribution < 1.29 is 14.3 Å². The van der Waals surface area contributed by atoms with E-state index < -0.39 is 0 Å². The number of fused-ring (bicyclic) bond motifs is 1. The van der Waals surface area contributed by atoms with Gasteiger partial charge >= 0.3 is 0 Å². The Bertz CT molecular complexity index is 1190. The van der Waals surface area contributed by atoms with Crippen molar-refractivity contribution in [2.24, 2.45) is 4.99 Å². The Hall–Kier alpha value is -3.28. The Morgan fingerprint density at radius 2 is 2.06 bits per heavy atom. The molecule has 3 aromatic rings. The number of aliphatic hydroxyl groups is 1. The molecule has 1 atom stereocenters. The summed E-state index contributed by atoms with van der Waals surface area (Å²) in [5.41, 5.74) is 16.8. The molecule has 1 saturated heterocycles. The number of hydrogen-bond donors (Lipinski definition) is 4. The maximum atomic E-state index is 9.48. The monoisotopic (exact) mass is 496 g/mol. The number of ether oxygens (including phenoxy) is 1. The number of hydrogen-bond acceptors (Lipinski definition) is 11. The first kappa shape index (κ1) is 25.8. The minimum absolute atomic E-state index is 0.0104. The highest BCUT2D eigenvalue weighted by Gasteiger charge is 2.18. The van der Waals surface area contributed by atoms with Gasteiger partial charge in [-0.1, -0.05) is 25.5 Å². The third-order valence-electron chi connectivity index (χ3n) is 6.23. The van der Waals surface area contributed by atoms with Gasteiger partial charge in [-0.15, -0.1) is 0 Å². The minimum Gasteiger partial charge on any atom is -0.441 e. The van der Waals surface area contributed by atoms with Gasteiger partial charge in [0.15, 0.2) is 17.3 Å². The maximum absolute atomic E-state index is 9.48. The van der Waals surface area contributed by atoms with Crippen molar-refractivity contribution in [2.45, 2.75) is 52.2 Å². The Balaban J connectivity index is 1.53. The van der Waals surface area contributed by atoms with Crippen LogP contribution in [0.4, 0.5) is 17.5 Å². The summed E-state index contributed by atoms with van der Waals surface area (Å²) in [4.78, 5) is 19.7. The zero-order valence-corrected chi connectivity index (χ0v) is 21.0. The number of aromatic nitrogens is 3. The van der Waals surface area contributed by atoms with E-state index in [0.717, 1.165) is 54.7 Å². The summed E-state index contributed by atoms with van der Waals surface area (Å²) in [7, 11) is 0. The Labute approximate surface area is 211 Å². The average Bonchev–Trinajstić information content (AvgIpc) is 3.52. The summed E-state index contributed by atoms with van der Waals surface area (Å²) in [6, 6.07) is 4.44. The molecule has 1 aromatic carbocycles. The third-order valence-corrected chi connectivity index (χ3v) is 6.23. The van der Waals surface area contributed by atoms with Crippen molar-refractivity contribution in [3.8, 4) is 0 Å². The standard InChI is InChI=1S/C25H36N8O3/c1-3-4-8-33(9-10-34)24-21(26)20(31-25(27)32-24)14-28-12-17-5-6-18(13-29-19-7-11-35-15-19)23-22(17)30-16(2)36-23/h5-6,14,19,29,34H,3-4,7-13,15,26H2,1-2H3,(H2,27,31,32). The normalized spacial score (nSPS) is 15.9. The smallest absolute Gasteiger partial charge is 0.222 e. The van der Waals surface area contributed by atoms with Gasteiger partial charge in [0.05, 0.1) is 19.8 Å². The van der Waals surface area contributed by atoms with E-state index in [2.05, 4.69) is 38.3 Å². The van der Waals surface area contributed by atoms with Crippen molar-refractivity contribution in [1.29, 1.82) is 0 Å². The summed E-state index contributed by atoms with van der Waals surface area (Å²) in [5.74, 6) is 1.24. The van der Waals surface area contributed by atoms with Gasteiger partial charge in [0.2, 0.25) is 5.95 Å². The van der Waals surface area contributed by atoms with E-state index >= 15 is 0 Å². The highest BCUT2D eigenvalue weighted by Crippen LogP contribution is 2.26. The average molecular weight is 497 g/mol. The summed E-state index contributed by atoms with van der Waals surface area (Å²) in [5, 5.41) is 13.0. The number of unbranched alkanes of at least 4 members (excludes halogenated alkanes) is 1. The summed E-state index contributed by atoms with van der Waals surface area (Å²) < 4.78 is 11.4. The zero-order valence-electron chi connectivity index (χ0n) is 21.0. The predicted molar refractivity (Wildman–Crippen MR) is 141 cm³/mol. The van der Waals surface area contributed by atoms with Gasteiger partial charge < -0.3 is 35.9 Å². The lowest BCUT2D eigenvalue weighted by atomic mass is 10.1. The Morgan fingerprint density at radius 1 is 1.22 bits per heavy atom. The summed E-state index contributed by atoms with van der Waals surface area (Å²) >= 11 is 0. The van der Waals surface area contributed by atoms with E-state index in [9.17, 15) is 5.11 Å². The zero-order chi connectivity index (χ0) is 25.5. The predicted octanol–water partition coefficient (Wildman–Crippen LogP) is 2.19. The molecule has 0 radical (unpaired) electrons. The van der Waals surface area contributed by atoms with Gasteiger partial charge in [-0.25, -0.2) is 9.97 Å². The third kappa shape index (κ3) is 6.10. The molecule has 2 aromatic heterocycles. The molecule has 1 aliphatic rings. The SMILES string of the molecule is CCCCN(CCO)c1nc(N)nc(C=NCc2ccc(CNC3CCOC3)c3oc(C)nc23)c1N. The number of aliphatic hydroxyl groups excluding tert-OH is 1. The number of nitrogen functional groups attached to an aromatic ring is 2. The van der Waals surface area contributed by atoms with Gasteiger partial charge in [-0.05, 0) is 12.8 Å². The van der Waals surface area contributed by atoms with Crippen LogP contribution in [-0.2, 0) is 17.8 Å². The van der Waals surface area contributed by atoms with Crippen LogP contribution in [0, 0.1) is 6.92 Å². The number of oxazole rings is 1. The lowest BCUT2D eigenvalue weighted by molar-refractivity contribution is 0.190. The van der Waals surface area contributed by atoms with Crippen LogP contribution >= 0.6 is 0 Å². The van der Waals surface area contributed by atoms with Crippen LogP contribution in [0.3, 0.4) is 0 Å². The quantitative estimate of drug-likeness (QED) is 0.274. The van der Waals surface area contributed by atoms with Gasteiger partial charge in [0.25, 0.3) is 0 Å². The number of rotatable bonds is 12. The van der Waals surface area contributed by atoms with Crippen LogP contribution in [-0.4, -0.2) is 65.2 Å². The molecule has 3 heterocycles. The summed E-state index contributed by atoms with van der Waals surface area (Å²) in [6.45, 7) is 7.66. The fourth-order valence-corrected chi connectivity index (χ4v) is 4.29. The first-order chi connectivity index (χ1) is 17.5. The van der Waals surface area contributed by atoms with E-state index in [1.54, 1.807) is 6.21 Å². The van der Waals surface area contributed by atoms with E-state index in [4.69, 9.17) is 20.6 Å². The van der Waals surface area contributed by atoms with Gasteiger partial charge in [-0.3, -0.25) is 4.99 Å². The molecule has 11 nitrogen and oxygen atoms in total. The molecule has 0 amide bonds. The molecular formula is C25H36N8O3. The maximum Gasteiger partial charge on any atom is 0.222 e. The molecule has 4 rings (SSSR count). The molecule has 1 unspecified atom stereocenters. The fraction of sp³-hybridized carbons (Fsp3) is 0.520. The number of anilines is 3. The van der Waals surface area contributed by atoms with Gasteiger partial charge in [0.1, 0.15) is 16.9 Å². The number of nitrogens with two attached hydrogens (primary N) is 2. The molecule has 0 aliphatic carbocycles. The van der Waals surface area contributed by atoms with Gasteiger partial charge in [-0.2, -0.15) is 4.98 Å². The molecular weight excluding hydrogens is 460 g/mol. The molecule has 36 heavy (non-hydrogen) atoms. The second kappa shape index (κ2) is 12.1. The van der Waals surface area contributed by atoms with Crippen molar-refractivity contribution in [3.05, 3.63) is 34.8 Å². The van der Waals surface area contributed by atoms with Crippen molar-refractivity contribution >= 4 is 34.8 Å². The molecule has 0 saturated carbocycles. The second-order valence-corrected chi connectivity index (χ2v) is 8.97. The molecule has 0 spiro atoms. The molecule has 0 bridgehead atoms. The topological polar surface area (TPSA) is 161 Å². The van der Waals surface area contributed by atoms with Crippen molar-refractivity contribution in [3.63, 3.8) is 0 Å². The van der Waals surface area contributed by atoms with Crippen LogP contribution < -0.4 is 21.7 Å². The van der Waals surface area contributed by atoms with Crippen molar-refractivity contribution in [1.82, 2.24) is 20.3 Å². The number of aliphatic imine (C=N–C) groups is 1. The Morgan fingerprint density at radius 3 is 2.81 bits per heavy atom. The van der Waals surface area contributed by atoms with Crippen LogP contribution in [0.15, 0.2) is 21.5 Å². The molecule has 1 aliphatic heterocycles. The van der Waals surface area contributed by atoms with Crippen LogP contribution in [0.2, 0.25) is 0 Å². The molecule has 6 N–H and O–H groups in total.